The fourth-order valence-corrected chi connectivity index (χ4v) is 2.52. The van der Waals surface area contributed by atoms with Gasteiger partial charge in [0.1, 0.15) is 12.4 Å². The lowest BCUT2D eigenvalue weighted by Crippen LogP contribution is -2.08. The Morgan fingerprint density at radius 1 is 1.09 bits per heavy atom. The normalized spacial score (nSPS) is 10.7. The minimum absolute atomic E-state index is 0.289. The van der Waals surface area contributed by atoms with Gasteiger partial charge in [-0.05, 0) is 40.1 Å². The second-order valence-electron chi connectivity index (χ2n) is 5.12. The molecule has 6 heteroatoms. The van der Waals surface area contributed by atoms with E-state index in [1.54, 1.807) is 4.68 Å². The first-order chi connectivity index (χ1) is 11.3. The fourth-order valence-electron chi connectivity index (χ4n) is 2.28. The van der Waals surface area contributed by atoms with Gasteiger partial charge in [-0.2, -0.15) is 0 Å². The smallest absolute Gasteiger partial charge is 0.189 e. The molecule has 2 aromatic carbocycles. The van der Waals surface area contributed by atoms with Crippen LogP contribution in [0.15, 0.2) is 48.5 Å². The molecule has 0 bridgehead atoms. The van der Waals surface area contributed by atoms with Gasteiger partial charge in [0.25, 0.3) is 0 Å². The summed E-state index contributed by atoms with van der Waals surface area (Å²) in [5.74, 6) is 1.31. The van der Waals surface area contributed by atoms with Crippen LogP contribution in [-0.2, 0) is 13.2 Å². The summed E-state index contributed by atoms with van der Waals surface area (Å²) in [5, 5.41) is 12.2. The Kier molecular flexibility index (Phi) is 4.88. The summed E-state index contributed by atoms with van der Waals surface area (Å²) in [5.41, 5.74) is 2.17. The molecule has 0 fully saturated rings. The van der Waals surface area contributed by atoms with Crippen LogP contribution in [0.1, 0.15) is 19.2 Å². The molecule has 3 aromatic rings. The summed E-state index contributed by atoms with van der Waals surface area (Å²) >= 11 is 6.34. The summed E-state index contributed by atoms with van der Waals surface area (Å²) < 4.78 is 7.51. The van der Waals surface area contributed by atoms with Crippen molar-refractivity contribution in [2.24, 2.45) is 0 Å². The van der Waals surface area contributed by atoms with Crippen molar-refractivity contribution >= 4 is 11.6 Å². The average Bonchev–Trinajstić information content (AvgIpc) is 3.02. The van der Waals surface area contributed by atoms with Crippen LogP contribution in [-0.4, -0.2) is 20.2 Å². The molecule has 1 heterocycles. The van der Waals surface area contributed by atoms with Crippen molar-refractivity contribution in [3.8, 4) is 16.9 Å². The zero-order valence-corrected chi connectivity index (χ0v) is 13.6. The molecule has 0 aliphatic carbocycles. The van der Waals surface area contributed by atoms with E-state index in [4.69, 9.17) is 16.3 Å². The van der Waals surface area contributed by atoms with Crippen molar-refractivity contribution in [3.63, 3.8) is 0 Å². The van der Waals surface area contributed by atoms with E-state index in [0.29, 0.717) is 16.6 Å². The van der Waals surface area contributed by atoms with E-state index < -0.39 is 0 Å². The first kappa shape index (κ1) is 15.5. The first-order valence-electron chi connectivity index (χ1n) is 7.50. The van der Waals surface area contributed by atoms with Crippen molar-refractivity contribution in [2.45, 2.75) is 26.5 Å². The summed E-state index contributed by atoms with van der Waals surface area (Å²) in [6.07, 6.45) is 0.963. The quantitative estimate of drug-likeness (QED) is 0.686. The Morgan fingerprint density at radius 3 is 2.65 bits per heavy atom. The van der Waals surface area contributed by atoms with E-state index in [1.165, 1.54) is 0 Å². The molecule has 0 amide bonds. The van der Waals surface area contributed by atoms with Gasteiger partial charge >= 0.3 is 0 Å². The molecule has 23 heavy (non-hydrogen) atoms. The summed E-state index contributed by atoms with van der Waals surface area (Å²) in [4.78, 5) is 0. The number of ether oxygens (including phenoxy) is 1. The van der Waals surface area contributed by atoms with Crippen molar-refractivity contribution in [1.29, 1.82) is 0 Å². The predicted molar refractivity (Wildman–Crippen MR) is 89.3 cm³/mol. The van der Waals surface area contributed by atoms with Gasteiger partial charge in [-0.1, -0.05) is 54.9 Å². The van der Waals surface area contributed by atoms with Gasteiger partial charge in [0.15, 0.2) is 5.82 Å². The van der Waals surface area contributed by atoms with E-state index in [9.17, 15) is 0 Å². The molecule has 0 unspecified atom stereocenters. The van der Waals surface area contributed by atoms with Crippen LogP contribution in [0, 0.1) is 0 Å². The summed E-state index contributed by atoms with van der Waals surface area (Å²) in [6, 6.07) is 15.9. The molecule has 0 atom stereocenters. The van der Waals surface area contributed by atoms with Crippen LogP contribution in [0.25, 0.3) is 11.1 Å². The highest BCUT2D eigenvalue weighted by Crippen LogP contribution is 2.30. The standard InChI is InChI=1S/C17H17ClN4O/c1-2-10-22-17(19-20-21-22)12-23-16-9-8-14(11-15(16)18)13-6-4-3-5-7-13/h3-9,11H,2,10,12H2,1H3. The van der Waals surface area contributed by atoms with Crippen molar-refractivity contribution in [1.82, 2.24) is 20.2 Å². The molecule has 0 saturated heterocycles. The van der Waals surface area contributed by atoms with E-state index in [1.807, 2.05) is 48.5 Å². The topological polar surface area (TPSA) is 52.8 Å². The van der Waals surface area contributed by atoms with Gasteiger partial charge in [0.05, 0.1) is 5.02 Å². The lowest BCUT2D eigenvalue weighted by atomic mass is 10.1. The number of nitrogens with zero attached hydrogens (tertiary/aromatic N) is 4. The maximum Gasteiger partial charge on any atom is 0.189 e. The number of aromatic nitrogens is 4. The van der Waals surface area contributed by atoms with Gasteiger partial charge < -0.3 is 4.74 Å². The van der Waals surface area contributed by atoms with Crippen LogP contribution in [0.5, 0.6) is 5.75 Å². The van der Waals surface area contributed by atoms with E-state index in [0.717, 1.165) is 24.1 Å². The Labute approximate surface area is 139 Å². The van der Waals surface area contributed by atoms with Crippen molar-refractivity contribution in [2.75, 3.05) is 0 Å². The highest BCUT2D eigenvalue weighted by Gasteiger charge is 2.09. The number of hydrogen-bond acceptors (Lipinski definition) is 4. The number of halogens is 1. The minimum Gasteiger partial charge on any atom is -0.484 e. The third-order valence-electron chi connectivity index (χ3n) is 3.44. The van der Waals surface area contributed by atoms with Gasteiger partial charge in [-0.3, -0.25) is 0 Å². The number of tetrazole rings is 1. The zero-order chi connectivity index (χ0) is 16.1. The molecule has 0 aliphatic heterocycles. The predicted octanol–water partition coefficient (Wildman–Crippen LogP) is 3.98. The highest BCUT2D eigenvalue weighted by atomic mass is 35.5. The zero-order valence-electron chi connectivity index (χ0n) is 12.8. The lowest BCUT2D eigenvalue weighted by Gasteiger charge is -2.09. The molecule has 0 N–H and O–H groups in total. The van der Waals surface area contributed by atoms with Crippen LogP contribution < -0.4 is 4.74 Å². The number of aryl methyl sites for hydroxylation is 1. The molecule has 118 valence electrons. The molecular weight excluding hydrogens is 312 g/mol. The van der Waals surface area contributed by atoms with E-state index in [-0.39, 0.29) is 6.61 Å². The van der Waals surface area contributed by atoms with Crippen molar-refractivity contribution in [3.05, 3.63) is 59.4 Å². The Hall–Kier alpha value is -2.40. The first-order valence-corrected chi connectivity index (χ1v) is 7.88. The number of benzene rings is 2. The molecule has 5 nitrogen and oxygen atoms in total. The maximum absolute atomic E-state index is 6.34. The van der Waals surface area contributed by atoms with Gasteiger partial charge in [-0.15, -0.1) is 5.10 Å². The minimum atomic E-state index is 0.289. The van der Waals surface area contributed by atoms with Gasteiger partial charge in [0, 0.05) is 6.54 Å². The van der Waals surface area contributed by atoms with Crippen LogP contribution in [0.2, 0.25) is 5.02 Å². The number of hydrogen-bond donors (Lipinski definition) is 0. The monoisotopic (exact) mass is 328 g/mol. The van der Waals surface area contributed by atoms with Crippen molar-refractivity contribution < 1.29 is 4.74 Å². The summed E-state index contributed by atoms with van der Waals surface area (Å²) in [6.45, 7) is 3.13. The molecule has 0 saturated carbocycles. The van der Waals surface area contributed by atoms with E-state index in [2.05, 4.69) is 22.4 Å². The molecule has 0 radical (unpaired) electrons. The second-order valence-corrected chi connectivity index (χ2v) is 5.53. The third-order valence-corrected chi connectivity index (χ3v) is 3.73. The largest absolute Gasteiger partial charge is 0.484 e. The summed E-state index contributed by atoms with van der Waals surface area (Å²) in [7, 11) is 0. The average molecular weight is 329 g/mol. The Bertz CT molecular complexity index is 773. The molecule has 0 spiro atoms. The third kappa shape index (κ3) is 3.68. The molecular formula is C17H17ClN4O. The molecule has 3 rings (SSSR count). The Morgan fingerprint density at radius 2 is 1.91 bits per heavy atom. The van der Waals surface area contributed by atoms with Crippen LogP contribution >= 0.6 is 11.6 Å². The van der Waals surface area contributed by atoms with Gasteiger partial charge in [-0.25, -0.2) is 4.68 Å². The Balaban J connectivity index is 1.73. The SMILES string of the molecule is CCCn1nnnc1COc1ccc(-c2ccccc2)cc1Cl. The lowest BCUT2D eigenvalue weighted by molar-refractivity contribution is 0.286. The number of rotatable bonds is 6. The molecule has 0 aliphatic rings. The second kappa shape index (κ2) is 7.24. The van der Waals surface area contributed by atoms with Crippen LogP contribution in [0.3, 0.4) is 0 Å². The maximum atomic E-state index is 6.34. The molecule has 1 aromatic heterocycles. The fraction of sp³-hybridized carbons (Fsp3) is 0.235. The highest BCUT2D eigenvalue weighted by molar-refractivity contribution is 6.32. The van der Waals surface area contributed by atoms with Gasteiger partial charge in [0.2, 0.25) is 0 Å². The van der Waals surface area contributed by atoms with E-state index >= 15 is 0 Å². The van der Waals surface area contributed by atoms with Crippen LogP contribution in [0.4, 0.5) is 0 Å².